The standard InChI is InChI=1S/C7H5Br2F3O2S/c8-4-1-3(5(13)14)6(9,15-4)2-7(10,11)12/h1,3H,2H2,(H,13,14). The molecule has 0 fully saturated rings. The van der Waals surface area contributed by atoms with Gasteiger partial charge in [-0.2, -0.15) is 13.2 Å². The Labute approximate surface area is 105 Å². The Morgan fingerprint density at radius 3 is 2.60 bits per heavy atom. The zero-order chi connectivity index (χ0) is 11.9. The van der Waals surface area contributed by atoms with Gasteiger partial charge in [0.15, 0.2) is 0 Å². The molecule has 0 bridgehead atoms. The second-order valence-electron chi connectivity index (χ2n) is 2.97. The Bertz CT molecular complexity index is 318. The van der Waals surface area contributed by atoms with E-state index in [9.17, 15) is 18.0 Å². The molecule has 2 unspecified atom stereocenters. The first kappa shape index (κ1) is 13.4. The molecule has 0 spiro atoms. The molecule has 86 valence electrons. The van der Waals surface area contributed by atoms with Crippen molar-refractivity contribution >= 4 is 49.6 Å². The summed E-state index contributed by atoms with van der Waals surface area (Å²) in [5.41, 5.74) is 0. The Kier molecular flexibility index (Phi) is 3.83. The van der Waals surface area contributed by atoms with E-state index in [1.54, 1.807) is 0 Å². The van der Waals surface area contributed by atoms with E-state index < -0.39 is 28.1 Å². The zero-order valence-electron chi connectivity index (χ0n) is 7.02. The Morgan fingerprint density at radius 1 is 1.67 bits per heavy atom. The van der Waals surface area contributed by atoms with Crippen molar-refractivity contribution < 1.29 is 23.1 Å². The molecule has 0 saturated carbocycles. The SMILES string of the molecule is O=C(O)C1C=C(Br)SC1(Br)CC(F)(F)F. The molecule has 1 N–H and O–H groups in total. The number of hydrogen-bond donors (Lipinski definition) is 1. The molecule has 2 atom stereocenters. The van der Waals surface area contributed by atoms with Gasteiger partial charge in [-0.05, 0) is 22.0 Å². The summed E-state index contributed by atoms with van der Waals surface area (Å²) in [5, 5.41) is 8.79. The van der Waals surface area contributed by atoms with E-state index in [1.165, 1.54) is 6.08 Å². The van der Waals surface area contributed by atoms with E-state index in [0.29, 0.717) is 3.81 Å². The van der Waals surface area contributed by atoms with E-state index >= 15 is 0 Å². The maximum atomic E-state index is 12.2. The van der Waals surface area contributed by atoms with Crippen LogP contribution in [-0.2, 0) is 4.79 Å². The summed E-state index contributed by atoms with van der Waals surface area (Å²) in [6.07, 6.45) is -4.35. The fraction of sp³-hybridized carbons (Fsp3) is 0.571. The molecule has 0 amide bonds. The average molecular weight is 370 g/mol. The van der Waals surface area contributed by atoms with Crippen molar-refractivity contribution in [3.63, 3.8) is 0 Å². The molecule has 0 radical (unpaired) electrons. The Morgan fingerprint density at radius 2 is 2.20 bits per heavy atom. The molecule has 0 aliphatic carbocycles. The van der Waals surface area contributed by atoms with Crippen molar-refractivity contribution in [1.82, 2.24) is 0 Å². The van der Waals surface area contributed by atoms with E-state index in [0.717, 1.165) is 11.8 Å². The fourth-order valence-electron chi connectivity index (χ4n) is 1.19. The summed E-state index contributed by atoms with van der Waals surface area (Å²) in [5.74, 6) is -2.48. The highest BCUT2D eigenvalue weighted by Crippen LogP contribution is 2.56. The van der Waals surface area contributed by atoms with Crippen molar-refractivity contribution in [3.05, 3.63) is 9.89 Å². The largest absolute Gasteiger partial charge is 0.481 e. The third-order valence-corrected chi connectivity index (χ3v) is 4.81. The van der Waals surface area contributed by atoms with Crippen LogP contribution >= 0.6 is 43.6 Å². The summed E-state index contributed by atoms with van der Waals surface area (Å²) in [6.45, 7) is 0. The van der Waals surface area contributed by atoms with Crippen LogP contribution in [0.5, 0.6) is 0 Å². The quantitative estimate of drug-likeness (QED) is 0.754. The molecule has 8 heteroatoms. The van der Waals surface area contributed by atoms with Crippen LogP contribution in [-0.4, -0.2) is 20.9 Å². The van der Waals surface area contributed by atoms with Crippen LogP contribution in [0.4, 0.5) is 13.2 Å². The van der Waals surface area contributed by atoms with Gasteiger partial charge in [-0.25, -0.2) is 0 Å². The maximum Gasteiger partial charge on any atom is 0.391 e. The summed E-state index contributed by atoms with van der Waals surface area (Å²) in [4.78, 5) is 10.8. The lowest BCUT2D eigenvalue weighted by Crippen LogP contribution is -2.34. The number of rotatable bonds is 2. The lowest BCUT2D eigenvalue weighted by molar-refractivity contribution is -0.146. The molecule has 1 aliphatic rings. The molecule has 0 saturated heterocycles. The second-order valence-corrected chi connectivity index (χ2v) is 7.66. The van der Waals surface area contributed by atoms with Gasteiger partial charge in [0.1, 0.15) is 9.57 Å². The number of hydrogen-bond acceptors (Lipinski definition) is 2. The highest BCUT2D eigenvalue weighted by molar-refractivity contribution is 9.15. The number of thioether (sulfide) groups is 1. The monoisotopic (exact) mass is 368 g/mol. The minimum absolute atomic E-state index is 0.399. The summed E-state index contributed by atoms with van der Waals surface area (Å²) >= 11 is 6.69. The summed E-state index contributed by atoms with van der Waals surface area (Å²) in [6, 6.07) is 0. The van der Waals surface area contributed by atoms with Crippen LogP contribution in [0.15, 0.2) is 9.89 Å². The van der Waals surface area contributed by atoms with Gasteiger partial charge < -0.3 is 5.11 Å². The molecule has 2 nitrogen and oxygen atoms in total. The third-order valence-electron chi connectivity index (χ3n) is 1.74. The zero-order valence-corrected chi connectivity index (χ0v) is 11.0. The lowest BCUT2D eigenvalue weighted by Gasteiger charge is -2.26. The van der Waals surface area contributed by atoms with Crippen LogP contribution in [0.1, 0.15) is 6.42 Å². The van der Waals surface area contributed by atoms with E-state index in [2.05, 4.69) is 31.9 Å². The highest BCUT2D eigenvalue weighted by Gasteiger charge is 2.52. The smallest absolute Gasteiger partial charge is 0.391 e. The first-order valence-electron chi connectivity index (χ1n) is 3.69. The molecule has 15 heavy (non-hydrogen) atoms. The number of alkyl halides is 4. The second kappa shape index (κ2) is 4.29. The van der Waals surface area contributed by atoms with E-state index in [1.807, 2.05) is 0 Å². The third kappa shape index (κ3) is 3.39. The average Bonchev–Trinajstić information content (AvgIpc) is 2.21. The maximum absolute atomic E-state index is 12.2. The molecule has 1 aliphatic heterocycles. The van der Waals surface area contributed by atoms with Gasteiger partial charge in [0.25, 0.3) is 0 Å². The van der Waals surface area contributed by atoms with E-state index in [4.69, 9.17) is 5.11 Å². The number of halogens is 5. The van der Waals surface area contributed by atoms with Crippen LogP contribution in [0.3, 0.4) is 0 Å². The first-order valence-corrected chi connectivity index (χ1v) is 6.09. The van der Waals surface area contributed by atoms with Gasteiger partial charge in [0.2, 0.25) is 0 Å². The molecule has 1 rings (SSSR count). The predicted molar refractivity (Wildman–Crippen MR) is 58.1 cm³/mol. The highest BCUT2D eigenvalue weighted by atomic mass is 79.9. The van der Waals surface area contributed by atoms with Crippen molar-refractivity contribution in [1.29, 1.82) is 0 Å². The molecular formula is C7H5Br2F3O2S. The van der Waals surface area contributed by atoms with Crippen molar-refractivity contribution in [2.75, 3.05) is 0 Å². The van der Waals surface area contributed by atoms with E-state index in [-0.39, 0.29) is 0 Å². The van der Waals surface area contributed by atoms with Crippen LogP contribution in [0.25, 0.3) is 0 Å². The van der Waals surface area contributed by atoms with Crippen LogP contribution < -0.4 is 0 Å². The van der Waals surface area contributed by atoms with Gasteiger partial charge in [0.05, 0.1) is 6.42 Å². The van der Waals surface area contributed by atoms with Crippen molar-refractivity contribution in [3.8, 4) is 0 Å². The first-order chi connectivity index (χ1) is 6.64. The van der Waals surface area contributed by atoms with Crippen molar-refractivity contribution in [2.24, 2.45) is 5.92 Å². The minimum Gasteiger partial charge on any atom is -0.481 e. The fourth-order valence-corrected chi connectivity index (χ4v) is 5.20. The van der Waals surface area contributed by atoms with Gasteiger partial charge in [-0.1, -0.05) is 27.7 Å². The number of carbonyl (C=O) groups is 1. The summed E-state index contributed by atoms with van der Waals surface area (Å²) < 4.78 is 35.6. The summed E-state index contributed by atoms with van der Waals surface area (Å²) in [7, 11) is 0. The van der Waals surface area contributed by atoms with Crippen LogP contribution in [0.2, 0.25) is 0 Å². The van der Waals surface area contributed by atoms with Crippen molar-refractivity contribution in [2.45, 2.75) is 16.3 Å². The Balaban J connectivity index is 2.90. The van der Waals surface area contributed by atoms with Gasteiger partial charge in [-0.3, -0.25) is 4.79 Å². The normalized spacial score (nSPS) is 31.5. The topological polar surface area (TPSA) is 37.3 Å². The molecule has 0 aromatic rings. The number of carboxylic acid groups (broad SMARTS) is 1. The molecule has 0 aromatic carbocycles. The van der Waals surface area contributed by atoms with Crippen LogP contribution in [0, 0.1) is 5.92 Å². The lowest BCUT2D eigenvalue weighted by atomic mass is 10.0. The number of carboxylic acids is 1. The Hall–Kier alpha value is 0.310. The number of aliphatic carboxylic acids is 1. The molecule has 0 aromatic heterocycles. The predicted octanol–water partition coefficient (Wildman–Crippen LogP) is 3.71. The van der Waals surface area contributed by atoms with Gasteiger partial charge >= 0.3 is 12.1 Å². The van der Waals surface area contributed by atoms with Gasteiger partial charge in [-0.15, -0.1) is 0 Å². The van der Waals surface area contributed by atoms with Gasteiger partial charge in [0, 0.05) is 3.81 Å². The molecular weight excluding hydrogens is 365 g/mol. The minimum atomic E-state index is -4.41. The molecule has 1 heterocycles.